The Labute approximate surface area is 187 Å². The Kier molecular flexibility index (Phi) is 5.42. The Morgan fingerprint density at radius 1 is 1.12 bits per heavy atom. The van der Waals surface area contributed by atoms with Gasteiger partial charge in [0.1, 0.15) is 11.9 Å². The molecule has 1 N–H and O–H groups in total. The summed E-state index contributed by atoms with van der Waals surface area (Å²) in [5.41, 5.74) is -2.57. The van der Waals surface area contributed by atoms with E-state index in [-0.39, 0.29) is 33.8 Å². The lowest BCUT2D eigenvalue weighted by atomic mass is 10.1. The zero-order valence-corrected chi connectivity index (χ0v) is 16.7. The van der Waals surface area contributed by atoms with Crippen LogP contribution < -0.4 is 5.32 Å². The predicted molar refractivity (Wildman–Crippen MR) is 109 cm³/mol. The fourth-order valence-corrected chi connectivity index (χ4v) is 3.09. The van der Waals surface area contributed by atoms with Crippen molar-refractivity contribution >= 4 is 22.9 Å². The molecule has 170 valence electrons. The third kappa shape index (κ3) is 4.24. The number of anilines is 1. The summed E-state index contributed by atoms with van der Waals surface area (Å²) in [4.78, 5) is 26.9. The van der Waals surface area contributed by atoms with Gasteiger partial charge in [-0.1, -0.05) is 0 Å². The number of alkyl halides is 3. The van der Waals surface area contributed by atoms with Crippen molar-refractivity contribution in [2.75, 3.05) is 5.32 Å². The molecular weight excluding hydrogens is 460 g/mol. The highest BCUT2D eigenvalue weighted by Crippen LogP contribution is 2.32. The number of rotatable bonds is 4. The van der Waals surface area contributed by atoms with Crippen molar-refractivity contribution in [2.45, 2.75) is 6.18 Å². The Balaban J connectivity index is 1.76. The molecule has 4 rings (SSSR count). The van der Waals surface area contributed by atoms with Gasteiger partial charge in [0, 0.05) is 23.8 Å². The first-order chi connectivity index (χ1) is 16.1. The molecule has 0 fully saturated rings. The monoisotopic (exact) mass is 470 g/mol. The van der Waals surface area contributed by atoms with Crippen LogP contribution in [0.5, 0.6) is 0 Å². The van der Waals surface area contributed by atoms with Gasteiger partial charge in [0.05, 0.1) is 21.9 Å². The van der Waals surface area contributed by atoms with Crippen molar-refractivity contribution < 1.29 is 27.3 Å². The van der Waals surface area contributed by atoms with Gasteiger partial charge in [-0.15, -0.1) is 0 Å². The Morgan fingerprint density at radius 2 is 1.82 bits per heavy atom. The van der Waals surface area contributed by atoms with Crippen LogP contribution in [0.1, 0.15) is 21.7 Å². The fourth-order valence-electron chi connectivity index (χ4n) is 3.09. The standard InChI is InChI=1S/C21H10F4N6O3/c22-13-3-1-11(2-4-13)16-8-18(21(23,24)25)30-19(27-16)9-17(29-30)20(32)28-15-6-5-14(31(33)34)7-12(15)10-26/h1-9H,(H,28,32). The van der Waals surface area contributed by atoms with E-state index in [4.69, 9.17) is 0 Å². The average molecular weight is 470 g/mol. The van der Waals surface area contributed by atoms with Crippen LogP contribution in [0.25, 0.3) is 16.9 Å². The number of nitrogens with one attached hydrogen (secondary N) is 1. The second kappa shape index (κ2) is 8.24. The van der Waals surface area contributed by atoms with Crippen molar-refractivity contribution in [3.63, 3.8) is 0 Å². The number of nitriles is 1. The highest BCUT2D eigenvalue weighted by atomic mass is 19.4. The zero-order valence-electron chi connectivity index (χ0n) is 16.7. The summed E-state index contributed by atoms with van der Waals surface area (Å²) in [6, 6.07) is 11.2. The molecule has 0 atom stereocenters. The van der Waals surface area contributed by atoms with E-state index in [9.17, 15) is 37.7 Å². The summed E-state index contributed by atoms with van der Waals surface area (Å²) >= 11 is 0. The minimum Gasteiger partial charge on any atom is -0.319 e. The number of hydrogen-bond donors (Lipinski definition) is 1. The van der Waals surface area contributed by atoms with E-state index in [2.05, 4.69) is 15.4 Å². The van der Waals surface area contributed by atoms with Gasteiger partial charge in [-0.3, -0.25) is 14.9 Å². The molecule has 0 spiro atoms. The number of non-ortho nitro benzene ring substituents is 1. The smallest absolute Gasteiger partial charge is 0.319 e. The van der Waals surface area contributed by atoms with E-state index in [0.29, 0.717) is 4.52 Å². The van der Waals surface area contributed by atoms with Crippen molar-refractivity contribution in [3.05, 3.63) is 87.5 Å². The number of halogens is 4. The molecule has 2 aromatic heterocycles. The largest absolute Gasteiger partial charge is 0.433 e. The summed E-state index contributed by atoms with van der Waals surface area (Å²) in [6.45, 7) is 0. The molecular formula is C21H10F4N6O3. The zero-order chi connectivity index (χ0) is 24.6. The van der Waals surface area contributed by atoms with Crippen LogP contribution in [0.3, 0.4) is 0 Å². The molecule has 0 radical (unpaired) electrons. The molecule has 0 saturated heterocycles. The topological polar surface area (TPSA) is 126 Å². The molecule has 0 aliphatic carbocycles. The molecule has 2 heterocycles. The minimum absolute atomic E-state index is 0.0915. The molecule has 13 heteroatoms. The second-order valence-corrected chi connectivity index (χ2v) is 6.88. The highest BCUT2D eigenvalue weighted by molar-refractivity contribution is 6.04. The van der Waals surface area contributed by atoms with Crippen LogP contribution in [0.4, 0.5) is 28.9 Å². The van der Waals surface area contributed by atoms with Gasteiger partial charge < -0.3 is 5.32 Å². The summed E-state index contributed by atoms with van der Waals surface area (Å²) in [6.07, 6.45) is -4.86. The van der Waals surface area contributed by atoms with Crippen LogP contribution in [-0.4, -0.2) is 25.4 Å². The van der Waals surface area contributed by atoms with E-state index in [1.807, 2.05) is 0 Å². The number of amides is 1. The first kappa shape index (κ1) is 22.3. The summed E-state index contributed by atoms with van der Waals surface area (Å²) in [7, 11) is 0. The van der Waals surface area contributed by atoms with Gasteiger partial charge in [-0.2, -0.15) is 23.5 Å². The number of benzene rings is 2. The van der Waals surface area contributed by atoms with Crippen LogP contribution in [0, 0.1) is 27.3 Å². The van der Waals surface area contributed by atoms with E-state index in [0.717, 1.165) is 42.5 Å². The highest BCUT2D eigenvalue weighted by Gasteiger charge is 2.35. The van der Waals surface area contributed by atoms with Gasteiger partial charge in [-0.25, -0.2) is 13.9 Å². The molecule has 34 heavy (non-hydrogen) atoms. The first-order valence-electron chi connectivity index (χ1n) is 9.30. The molecule has 4 aromatic rings. The lowest BCUT2D eigenvalue weighted by Gasteiger charge is -2.11. The number of nitrogens with zero attached hydrogens (tertiary/aromatic N) is 5. The lowest BCUT2D eigenvalue weighted by Crippen LogP contribution is -2.16. The summed E-state index contributed by atoms with van der Waals surface area (Å²) in [5, 5.41) is 26.1. The summed E-state index contributed by atoms with van der Waals surface area (Å²) < 4.78 is 54.7. The van der Waals surface area contributed by atoms with Crippen LogP contribution in [-0.2, 0) is 6.18 Å². The van der Waals surface area contributed by atoms with Gasteiger partial charge in [0.15, 0.2) is 17.0 Å². The third-order valence-electron chi connectivity index (χ3n) is 4.67. The minimum atomic E-state index is -4.86. The Morgan fingerprint density at radius 3 is 2.44 bits per heavy atom. The lowest BCUT2D eigenvalue weighted by molar-refractivity contribution is -0.384. The number of aromatic nitrogens is 3. The van der Waals surface area contributed by atoms with Crippen molar-refractivity contribution in [1.29, 1.82) is 5.26 Å². The van der Waals surface area contributed by atoms with Crippen molar-refractivity contribution in [2.24, 2.45) is 0 Å². The SMILES string of the molecule is N#Cc1cc([N+](=O)[O-])ccc1NC(=O)c1cc2nc(-c3ccc(F)cc3)cc(C(F)(F)F)n2n1. The fraction of sp³-hybridized carbons (Fsp3) is 0.0476. The first-order valence-corrected chi connectivity index (χ1v) is 9.30. The van der Waals surface area contributed by atoms with E-state index in [1.165, 1.54) is 12.1 Å². The molecule has 0 aliphatic rings. The number of carbonyl (C=O) groups is 1. The van der Waals surface area contributed by atoms with Gasteiger partial charge in [0.25, 0.3) is 11.6 Å². The van der Waals surface area contributed by atoms with Crippen molar-refractivity contribution in [1.82, 2.24) is 14.6 Å². The average Bonchev–Trinajstić information content (AvgIpc) is 3.22. The van der Waals surface area contributed by atoms with Crippen molar-refractivity contribution in [3.8, 4) is 17.3 Å². The Hall–Kier alpha value is -4.86. The third-order valence-corrected chi connectivity index (χ3v) is 4.67. The van der Waals surface area contributed by atoms with E-state index < -0.39 is 34.2 Å². The molecule has 1 amide bonds. The van der Waals surface area contributed by atoms with Crippen LogP contribution >= 0.6 is 0 Å². The molecule has 9 nitrogen and oxygen atoms in total. The predicted octanol–water partition coefficient (Wildman–Crippen LogP) is 4.59. The van der Waals surface area contributed by atoms with Crippen LogP contribution in [0.2, 0.25) is 0 Å². The summed E-state index contributed by atoms with van der Waals surface area (Å²) in [5.74, 6) is -1.54. The number of carbonyl (C=O) groups excluding carboxylic acids is 1. The Bertz CT molecular complexity index is 1490. The molecule has 0 bridgehead atoms. The van der Waals surface area contributed by atoms with Crippen LogP contribution in [0.15, 0.2) is 54.6 Å². The normalized spacial score (nSPS) is 11.3. The maximum Gasteiger partial charge on any atom is 0.433 e. The number of nitro benzene ring substituents is 1. The number of fused-ring (bicyclic) bond motifs is 1. The molecule has 2 aromatic carbocycles. The maximum atomic E-state index is 13.7. The maximum absolute atomic E-state index is 13.7. The molecule has 0 saturated carbocycles. The van der Waals surface area contributed by atoms with E-state index in [1.54, 1.807) is 6.07 Å². The van der Waals surface area contributed by atoms with E-state index >= 15 is 0 Å². The quantitative estimate of drug-likeness (QED) is 0.264. The van der Waals surface area contributed by atoms with Gasteiger partial charge in [0.2, 0.25) is 0 Å². The number of hydrogen-bond acceptors (Lipinski definition) is 6. The van der Waals surface area contributed by atoms with Gasteiger partial charge in [-0.05, 0) is 36.4 Å². The second-order valence-electron chi connectivity index (χ2n) is 6.88. The van der Waals surface area contributed by atoms with Gasteiger partial charge >= 0.3 is 6.18 Å². The number of nitro groups is 1. The molecule has 0 unspecified atom stereocenters. The molecule has 0 aliphatic heterocycles.